The fraction of sp³-hybridized carbons (Fsp3) is 0.368. The number of benzene rings is 1. The lowest BCUT2D eigenvalue weighted by atomic mass is 9.90. The van der Waals surface area contributed by atoms with E-state index in [4.69, 9.17) is 4.42 Å². The number of piperidine rings is 1. The average molecular weight is 356 g/mol. The number of fused-ring (bicyclic) bond motifs is 1. The largest absolute Gasteiger partial charge is 0.481 e. The van der Waals surface area contributed by atoms with Gasteiger partial charge in [0.2, 0.25) is 0 Å². The lowest BCUT2D eigenvalue weighted by molar-refractivity contribution is -0.145. The molecule has 0 spiro atoms. The maximum atomic E-state index is 11.4. The van der Waals surface area contributed by atoms with E-state index in [1.165, 1.54) is 0 Å². The quantitative estimate of drug-likeness (QED) is 0.757. The summed E-state index contributed by atoms with van der Waals surface area (Å²) in [4.78, 5) is 18.2. The molecule has 1 saturated heterocycles. The van der Waals surface area contributed by atoms with Crippen molar-refractivity contribution in [3.8, 4) is 10.8 Å². The molecule has 3 aromatic rings. The minimum Gasteiger partial charge on any atom is -0.481 e. The summed E-state index contributed by atoms with van der Waals surface area (Å²) in [6, 6.07) is 12.0. The Kier molecular flexibility index (Phi) is 4.31. The number of aromatic nitrogens is 1. The van der Waals surface area contributed by atoms with Crippen LogP contribution in [0.15, 0.2) is 40.8 Å². The van der Waals surface area contributed by atoms with Gasteiger partial charge in [-0.3, -0.25) is 9.69 Å². The van der Waals surface area contributed by atoms with Crippen LogP contribution in [-0.4, -0.2) is 33.5 Å². The molecule has 4 rings (SSSR count). The Morgan fingerprint density at radius 2 is 2.20 bits per heavy atom. The summed E-state index contributed by atoms with van der Waals surface area (Å²) < 4.78 is 7.15. The number of hydrogen-bond donors (Lipinski definition) is 1. The number of carboxylic acids is 1. The van der Waals surface area contributed by atoms with Crippen molar-refractivity contribution in [3.05, 3.63) is 42.2 Å². The Morgan fingerprint density at radius 1 is 1.36 bits per heavy atom. The van der Waals surface area contributed by atoms with E-state index in [-0.39, 0.29) is 12.0 Å². The van der Waals surface area contributed by atoms with Gasteiger partial charge in [0, 0.05) is 6.04 Å². The Hall–Kier alpha value is -2.18. The Morgan fingerprint density at radius 3 is 3.00 bits per heavy atom. The number of rotatable bonds is 4. The summed E-state index contributed by atoms with van der Waals surface area (Å²) in [5.74, 6) is 0.627. The second-order valence-corrected chi connectivity index (χ2v) is 7.58. The van der Waals surface area contributed by atoms with Crippen LogP contribution in [0, 0.1) is 5.92 Å². The molecule has 1 aliphatic heterocycles. The molecule has 2 atom stereocenters. The van der Waals surface area contributed by atoms with Gasteiger partial charge >= 0.3 is 5.97 Å². The first kappa shape index (κ1) is 16.3. The molecule has 1 aliphatic rings. The van der Waals surface area contributed by atoms with Gasteiger partial charge in [-0.15, -0.1) is 11.3 Å². The third-order valence-electron chi connectivity index (χ3n) is 4.96. The van der Waals surface area contributed by atoms with Crippen molar-refractivity contribution in [1.29, 1.82) is 0 Å². The van der Waals surface area contributed by atoms with Crippen LogP contribution in [0.1, 0.15) is 25.5 Å². The lowest BCUT2D eigenvalue weighted by Gasteiger charge is -2.36. The Bertz CT molecular complexity index is 868. The highest BCUT2D eigenvalue weighted by Gasteiger charge is 2.33. The number of hydrogen-bond acceptors (Lipinski definition) is 5. The molecular formula is C19H20N2O3S. The molecule has 1 aromatic carbocycles. The third-order valence-corrected chi connectivity index (χ3v) is 6.01. The zero-order chi connectivity index (χ0) is 17.4. The zero-order valence-corrected chi connectivity index (χ0v) is 14.8. The van der Waals surface area contributed by atoms with Gasteiger partial charge in [-0.05, 0) is 50.6 Å². The van der Waals surface area contributed by atoms with Crippen LogP contribution in [0.3, 0.4) is 0 Å². The van der Waals surface area contributed by atoms with Crippen LogP contribution in [-0.2, 0) is 11.3 Å². The number of thiazole rings is 1. The van der Waals surface area contributed by atoms with Crippen LogP contribution >= 0.6 is 11.3 Å². The molecule has 0 radical (unpaired) electrons. The molecule has 2 aromatic heterocycles. The normalized spacial score (nSPS) is 21.6. The van der Waals surface area contributed by atoms with Crippen LogP contribution < -0.4 is 0 Å². The Balaban J connectivity index is 1.52. The number of carboxylic acid groups (broad SMARTS) is 1. The maximum absolute atomic E-state index is 11.4. The highest BCUT2D eigenvalue weighted by atomic mass is 32.1. The summed E-state index contributed by atoms with van der Waals surface area (Å²) in [6.07, 6.45) is 1.66. The van der Waals surface area contributed by atoms with Gasteiger partial charge in [-0.1, -0.05) is 12.1 Å². The highest BCUT2D eigenvalue weighted by Crippen LogP contribution is 2.32. The summed E-state index contributed by atoms with van der Waals surface area (Å²) in [7, 11) is 0. The van der Waals surface area contributed by atoms with Crippen molar-refractivity contribution < 1.29 is 14.3 Å². The van der Waals surface area contributed by atoms with Crippen LogP contribution in [0.5, 0.6) is 0 Å². The van der Waals surface area contributed by atoms with Crippen molar-refractivity contribution in [1.82, 2.24) is 9.88 Å². The summed E-state index contributed by atoms with van der Waals surface area (Å²) in [5, 5.41) is 10.2. The van der Waals surface area contributed by atoms with Gasteiger partial charge in [0.1, 0.15) is 5.76 Å². The van der Waals surface area contributed by atoms with Crippen LogP contribution in [0.2, 0.25) is 0 Å². The molecule has 0 unspecified atom stereocenters. The van der Waals surface area contributed by atoms with Gasteiger partial charge in [0.15, 0.2) is 10.8 Å². The predicted molar refractivity (Wildman–Crippen MR) is 97.6 cm³/mol. The standard InChI is InChI=1S/C19H20N2O3S/c1-12-14(19(22)23)5-4-10-21(12)11-13-8-9-16(24-13)18-20-15-6-2-3-7-17(15)25-18/h2-3,6-9,12,14H,4-5,10-11H2,1H3,(H,22,23)/t12-,14-/m1/s1. The van der Waals surface area contributed by atoms with E-state index >= 15 is 0 Å². The van der Waals surface area contributed by atoms with Crippen LogP contribution in [0.25, 0.3) is 21.0 Å². The highest BCUT2D eigenvalue weighted by molar-refractivity contribution is 7.21. The van der Waals surface area contributed by atoms with E-state index in [1.807, 2.05) is 37.3 Å². The monoisotopic (exact) mass is 356 g/mol. The number of likely N-dealkylation sites (tertiary alicyclic amines) is 1. The maximum Gasteiger partial charge on any atom is 0.308 e. The van der Waals surface area contributed by atoms with Crippen molar-refractivity contribution >= 4 is 27.5 Å². The first-order chi connectivity index (χ1) is 12.1. The zero-order valence-electron chi connectivity index (χ0n) is 14.0. The molecule has 6 heteroatoms. The molecule has 130 valence electrons. The topological polar surface area (TPSA) is 66.6 Å². The van der Waals surface area contributed by atoms with Gasteiger partial charge in [-0.2, -0.15) is 0 Å². The lowest BCUT2D eigenvalue weighted by Crippen LogP contribution is -2.45. The molecule has 0 saturated carbocycles. The van der Waals surface area contributed by atoms with Crippen LogP contribution in [0.4, 0.5) is 0 Å². The number of para-hydroxylation sites is 1. The van der Waals surface area contributed by atoms with Crippen molar-refractivity contribution in [2.75, 3.05) is 6.54 Å². The molecule has 1 fully saturated rings. The fourth-order valence-electron chi connectivity index (χ4n) is 3.52. The van der Waals surface area contributed by atoms with Gasteiger partial charge in [0.25, 0.3) is 0 Å². The summed E-state index contributed by atoms with van der Waals surface area (Å²) in [5.41, 5.74) is 0.981. The van der Waals surface area contributed by atoms with E-state index in [2.05, 4.69) is 16.0 Å². The smallest absolute Gasteiger partial charge is 0.308 e. The fourth-order valence-corrected chi connectivity index (χ4v) is 4.45. The van der Waals surface area contributed by atoms with E-state index in [0.717, 1.165) is 46.1 Å². The predicted octanol–water partition coefficient (Wildman–Crippen LogP) is 4.24. The van der Waals surface area contributed by atoms with Gasteiger partial charge in [0.05, 0.1) is 22.7 Å². The molecule has 0 amide bonds. The summed E-state index contributed by atoms with van der Waals surface area (Å²) >= 11 is 1.62. The molecule has 0 aliphatic carbocycles. The second kappa shape index (κ2) is 6.61. The minimum absolute atomic E-state index is 0.0160. The van der Waals surface area contributed by atoms with E-state index in [0.29, 0.717) is 6.54 Å². The van der Waals surface area contributed by atoms with E-state index < -0.39 is 5.97 Å². The van der Waals surface area contributed by atoms with Gasteiger partial charge < -0.3 is 9.52 Å². The third kappa shape index (κ3) is 3.19. The first-order valence-electron chi connectivity index (χ1n) is 8.53. The SMILES string of the molecule is C[C@@H]1[C@H](C(=O)O)CCCN1Cc1ccc(-c2nc3ccccc3s2)o1. The molecular weight excluding hydrogens is 336 g/mol. The number of aliphatic carboxylic acids is 1. The second-order valence-electron chi connectivity index (χ2n) is 6.55. The number of carbonyl (C=O) groups is 1. The van der Waals surface area contributed by atoms with Crippen molar-refractivity contribution in [2.24, 2.45) is 5.92 Å². The Labute approximate surface area is 149 Å². The van der Waals surface area contributed by atoms with E-state index in [9.17, 15) is 9.90 Å². The minimum atomic E-state index is -0.702. The van der Waals surface area contributed by atoms with E-state index in [1.54, 1.807) is 11.3 Å². The molecule has 5 nitrogen and oxygen atoms in total. The van der Waals surface area contributed by atoms with Crippen molar-refractivity contribution in [3.63, 3.8) is 0 Å². The molecule has 3 heterocycles. The van der Waals surface area contributed by atoms with Gasteiger partial charge in [-0.25, -0.2) is 4.98 Å². The molecule has 1 N–H and O–H groups in total. The molecule has 25 heavy (non-hydrogen) atoms. The summed E-state index contributed by atoms with van der Waals surface area (Å²) in [6.45, 7) is 3.54. The average Bonchev–Trinajstić information content (AvgIpc) is 3.22. The number of nitrogens with zero attached hydrogens (tertiary/aromatic N) is 2. The molecule has 0 bridgehead atoms. The number of furan rings is 1. The first-order valence-corrected chi connectivity index (χ1v) is 9.35. The van der Waals surface area contributed by atoms with Crippen molar-refractivity contribution in [2.45, 2.75) is 32.4 Å².